The van der Waals surface area contributed by atoms with Gasteiger partial charge in [0.15, 0.2) is 9.84 Å². The Morgan fingerprint density at radius 3 is 2.53 bits per heavy atom. The van der Waals surface area contributed by atoms with E-state index >= 15 is 0 Å². The van der Waals surface area contributed by atoms with Crippen molar-refractivity contribution in [3.8, 4) is 0 Å². The number of sulfone groups is 1. The topological polar surface area (TPSA) is 107 Å². The summed E-state index contributed by atoms with van der Waals surface area (Å²) in [7, 11) is -5.73. The van der Waals surface area contributed by atoms with E-state index in [2.05, 4.69) is 9.46 Å². The molecule has 1 N–H and O–H groups in total. The average Bonchev–Trinajstić information content (AvgIpc) is 2.50. The summed E-state index contributed by atoms with van der Waals surface area (Å²) in [4.78, 5) is 10.8. The molecule has 0 bridgehead atoms. The van der Waals surface area contributed by atoms with Gasteiger partial charge in [-0.1, -0.05) is 0 Å². The lowest BCUT2D eigenvalue weighted by atomic mass is 10.3. The monoisotopic (exact) mass is 333 g/mol. The van der Waals surface area contributed by atoms with Gasteiger partial charge in [0.2, 0.25) is 10.0 Å². The minimum absolute atomic E-state index is 0.00925. The van der Waals surface area contributed by atoms with E-state index < -0.39 is 37.2 Å². The van der Waals surface area contributed by atoms with Crippen molar-refractivity contribution in [2.24, 2.45) is 0 Å². The normalized spacial score (nSPS) is 26.2. The molecule has 0 aromatic rings. The fourth-order valence-electron chi connectivity index (χ4n) is 1.71. The Hall–Kier alpha value is -0.380. The molecule has 1 rings (SSSR count). The Bertz CT molecular complexity index is 529. The predicted octanol–water partition coefficient (Wildman–Crippen LogP) is -0.737. The van der Waals surface area contributed by atoms with Crippen LogP contribution in [-0.4, -0.2) is 58.6 Å². The van der Waals surface area contributed by atoms with Crippen molar-refractivity contribution < 1.29 is 26.4 Å². The average molecular weight is 334 g/mol. The molecule has 0 spiro atoms. The third-order valence-electron chi connectivity index (χ3n) is 2.64. The fraction of sp³-hybridized carbons (Fsp3) is 0.889. The van der Waals surface area contributed by atoms with Gasteiger partial charge in [0.05, 0.1) is 35.8 Å². The number of sulfonamides is 1. The molecule has 10 heteroatoms. The summed E-state index contributed by atoms with van der Waals surface area (Å²) in [6.07, 6.45) is 0.0963. The molecular formula is C9H16ClNO6S2. The molecule has 112 valence electrons. The van der Waals surface area contributed by atoms with Gasteiger partial charge in [0.1, 0.15) is 0 Å². The number of hydrogen-bond acceptors (Lipinski definition) is 6. The largest absolute Gasteiger partial charge is 0.469 e. The molecule has 7 nitrogen and oxygen atoms in total. The van der Waals surface area contributed by atoms with Crippen LogP contribution >= 0.6 is 11.6 Å². The molecule has 0 aromatic carbocycles. The molecule has 1 aliphatic heterocycles. The quantitative estimate of drug-likeness (QED) is 0.507. The maximum absolute atomic E-state index is 11.7. The Labute approximate surface area is 117 Å². The summed E-state index contributed by atoms with van der Waals surface area (Å²) in [5.74, 6) is -1.29. The Morgan fingerprint density at radius 2 is 2.05 bits per heavy atom. The number of alkyl halides is 1. The molecule has 0 saturated carbocycles. The van der Waals surface area contributed by atoms with Crippen LogP contribution in [0.3, 0.4) is 0 Å². The molecule has 2 atom stereocenters. The van der Waals surface area contributed by atoms with Gasteiger partial charge >= 0.3 is 5.97 Å². The molecule has 19 heavy (non-hydrogen) atoms. The molecule has 1 saturated heterocycles. The molecule has 0 aliphatic carbocycles. The number of carbonyl (C=O) groups excluding carboxylic acids is 1. The Kier molecular flexibility index (Phi) is 5.60. The van der Waals surface area contributed by atoms with E-state index in [-0.39, 0.29) is 30.1 Å². The smallest absolute Gasteiger partial charge is 0.305 e. The van der Waals surface area contributed by atoms with E-state index in [9.17, 15) is 21.6 Å². The summed E-state index contributed by atoms with van der Waals surface area (Å²) in [6, 6.07) is -0.810. The first-order valence-electron chi connectivity index (χ1n) is 5.56. The SMILES string of the molecule is COC(=O)CCCS(=O)(=O)NC1CS(=O)(=O)CC1Cl. The number of methoxy groups -OCH3 is 1. The summed E-state index contributed by atoms with van der Waals surface area (Å²) < 4.78 is 52.6. The van der Waals surface area contributed by atoms with Crippen molar-refractivity contribution in [2.45, 2.75) is 24.3 Å². The van der Waals surface area contributed by atoms with Crippen LogP contribution in [0.1, 0.15) is 12.8 Å². The molecule has 1 aliphatic rings. The lowest BCUT2D eigenvalue weighted by Crippen LogP contribution is -2.41. The van der Waals surface area contributed by atoms with Gasteiger partial charge in [-0.05, 0) is 6.42 Å². The number of ether oxygens (including phenoxy) is 1. The zero-order valence-corrected chi connectivity index (χ0v) is 12.7. The minimum Gasteiger partial charge on any atom is -0.469 e. The first-order valence-corrected chi connectivity index (χ1v) is 9.47. The van der Waals surface area contributed by atoms with Gasteiger partial charge in [-0.25, -0.2) is 21.6 Å². The molecular weight excluding hydrogens is 318 g/mol. The van der Waals surface area contributed by atoms with Crippen molar-refractivity contribution in [2.75, 3.05) is 24.4 Å². The molecule has 2 unspecified atom stereocenters. The van der Waals surface area contributed by atoms with Crippen LogP contribution < -0.4 is 4.72 Å². The maximum atomic E-state index is 11.7. The van der Waals surface area contributed by atoms with E-state index in [4.69, 9.17) is 11.6 Å². The third-order valence-corrected chi connectivity index (χ3v) is 6.50. The van der Waals surface area contributed by atoms with E-state index in [1.165, 1.54) is 7.11 Å². The number of rotatable bonds is 6. The van der Waals surface area contributed by atoms with Crippen LogP contribution in [0.4, 0.5) is 0 Å². The van der Waals surface area contributed by atoms with Crippen LogP contribution in [-0.2, 0) is 29.4 Å². The summed E-state index contributed by atoms with van der Waals surface area (Å²) in [5.41, 5.74) is 0. The molecule has 1 fully saturated rings. The Morgan fingerprint density at radius 1 is 1.42 bits per heavy atom. The zero-order chi connectivity index (χ0) is 14.7. The second kappa shape index (κ2) is 6.38. The van der Waals surface area contributed by atoms with Crippen molar-refractivity contribution in [3.63, 3.8) is 0 Å². The lowest BCUT2D eigenvalue weighted by molar-refractivity contribution is -0.140. The highest BCUT2D eigenvalue weighted by molar-refractivity contribution is 7.92. The molecule has 1 heterocycles. The van der Waals surface area contributed by atoms with E-state index in [0.29, 0.717) is 0 Å². The highest BCUT2D eigenvalue weighted by Crippen LogP contribution is 2.18. The second-order valence-electron chi connectivity index (χ2n) is 4.32. The highest BCUT2D eigenvalue weighted by atomic mass is 35.5. The minimum atomic E-state index is -3.66. The van der Waals surface area contributed by atoms with Gasteiger partial charge < -0.3 is 4.74 Å². The van der Waals surface area contributed by atoms with Crippen LogP contribution in [0, 0.1) is 0 Å². The van der Waals surface area contributed by atoms with Gasteiger partial charge in [-0.15, -0.1) is 11.6 Å². The molecule has 0 amide bonds. The van der Waals surface area contributed by atoms with E-state index in [0.717, 1.165) is 0 Å². The van der Waals surface area contributed by atoms with E-state index in [1.54, 1.807) is 0 Å². The predicted molar refractivity (Wildman–Crippen MR) is 70.3 cm³/mol. The van der Waals surface area contributed by atoms with E-state index in [1.807, 2.05) is 0 Å². The van der Waals surface area contributed by atoms with Crippen LogP contribution in [0.25, 0.3) is 0 Å². The van der Waals surface area contributed by atoms with Crippen LogP contribution in [0.5, 0.6) is 0 Å². The van der Waals surface area contributed by atoms with Crippen LogP contribution in [0.15, 0.2) is 0 Å². The van der Waals surface area contributed by atoms with Gasteiger partial charge in [-0.2, -0.15) is 0 Å². The molecule has 0 radical (unpaired) electrons. The standard InChI is InChI=1S/C9H16ClNO6S2/c1-17-9(12)3-2-4-19(15,16)11-8-6-18(13,14)5-7(8)10/h7-8,11H,2-6H2,1H3. The summed E-state index contributed by atoms with van der Waals surface area (Å²) >= 11 is 5.80. The van der Waals surface area contributed by atoms with Crippen molar-refractivity contribution in [3.05, 3.63) is 0 Å². The van der Waals surface area contributed by atoms with Crippen LogP contribution in [0.2, 0.25) is 0 Å². The lowest BCUT2D eigenvalue weighted by Gasteiger charge is -2.14. The first-order chi connectivity index (χ1) is 8.65. The maximum Gasteiger partial charge on any atom is 0.305 e. The van der Waals surface area contributed by atoms with Crippen molar-refractivity contribution in [1.29, 1.82) is 0 Å². The van der Waals surface area contributed by atoms with Gasteiger partial charge in [0.25, 0.3) is 0 Å². The second-order valence-corrected chi connectivity index (χ2v) is 8.90. The fourth-order valence-corrected chi connectivity index (χ4v) is 5.79. The summed E-state index contributed by atoms with van der Waals surface area (Å²) in [5, 5.41) is -0.764. The van der Waals surface area contributed by atoms with Crippen molar-refractivity contribution in [1.82, 2.24) is 4.72 Å². The number of carbonyl (C=O) groups is 1. The molecule has 0 aromatic heterocycles. The summed E-state index contributed by atoms with van der Waals surface area (Å²) in [6.45, 7) is 0. The van der Waals surface area contributed by atoms with Gasteiger partial charge in [0, 0.05) is 6.42 Å². The van der Waals surface area contributed by atoms with Gasteiger partial charge in [-0.3, -0.25) is 4.79 Å². The Balaban J connectivity index is 2.49. The first kappa shape index (κ1) is 16.7. The number of hydrogen-bond donors (Lipinski definition) is 1. The number of nitrogens with one attached hydrogen (secondary N) is 1. The number of halogens is 1. The number of esters is 1. The third kappa shape index (κ3) is 5.64. The van der Waals surface area contributed by atoms with Crippen molar-refractivity contribution >= 4 is 37.4 Å². The zero-order valence-electron chi connectivity index (χ0n) is 10.3. The highest BCUT2D eigenvalue weighted by Gasteiger charge is 2.38.